The Kier molecular flexibility index (Phi) is 3.90. The maximum Gasteiger partial charge on any atom is 0.252 e. The standard InChI is InChI=1S/C10H16N2O2/c1-3-12(6-5-11)10(13)9-8(2)4-7-14-9/h8-9H,3-4,6-7H2,1-2H3. The summed E-state index contributed by atoms with van der Waals surface area (Å²) >= 11 is 0. The zero-order valence-corrected chi connectivity index (χ0v) is 8.69. The third-order valence-corrected chi connectivity index (χ3v) is 2.59. The summed E-state index contributed by atoms with van der Waals surface area (Å²) < 4.78 is 5.36. The average molecular weight is 196 g/mol. The number of nitrogens with zero attached hydrogens (tertiary/aromatic N) is 2. The van der Waals surface area contributed by atoms with E-state index in [0.717, 1.165) is 6.42 Å². The molecule has 1 amide bonds. The number of carbonyl (C=O) groups is 1. The number of amides is 1. The van der Waals surface area contributed by atoms with Crippen LogP contribution in [0.4, 0.5) is 0 Å². The smallest absolute Gasteiger partial charge is 0.252 e. The first kappa shape index (κ1) is 11.0. The molecule has 0 aromatic carbocycles. The molecule has 1 aliphatic heterocycles. The highest BCUT2D eigenvalue weighted by molar-refractivity contribution is 5.81. The van der Waals surface area contributed by atoms with Crippen LogP contribution < -0.4 is 0 Å². The van der Waals surface area contributed by atoms with Crippen LogP contribution in [0.3, 0.4) is 0 Å². The molecule has 0 radical (unpaired) electrons. The van der Waals surface area contributed by atoms with Gasteiger partial charge in [0.15, 0.2) is 0 Å². The first-order valence-corrected chi connectivity index (χ1v) is 4.98. The molecule has 78 valence electrons. The van der Waals surface area contributed by atoms with Crippen molar-refractivity contribution in [3.8, 4) is 6.07 Å². The zero-order chi connectivity index (χ0) is 10.6. The molecule has 14 heavy (non-hydrogen) atoms. The largest absolute Gasteiger partial charge is 0.368 e. The van der Waals surface area contributed by atoms with Crippen LogP contribution in [0.15, 0.2) is 0 Å². The molecule has 0 aromatic heterocycles. The second kappa shape index (κ2) is 4.97. The van der Waals surface area contributed by atoms with Gasteiger partial charge in [0, 0.05) is 13.2 Å². The summed E-state index contributed by atoms with van der Waals surface area (Å²) in [6, 6.07) is 1.99. The Labute approximate surface area is 84.4 Å². The first-order chi connectivity index (χ1) is 6.70. The average Bonchev–Trinajstić information content (AvgIpc) is 2.59. The Morgan fingerprint density at radius 1 is 1.71 bits per heavy atom. The van der Waals surface area contributed by atoms with Gasteiger partial charge < -0.3 is 9.64 Å². The summed E-state index contributed by atoms with van der Waals surface area (Å²) in [6.45, 7) is 5.26. The van der Waals surface area contributed by atoms with E-state index in [9.17, 15) is 4.79 Å². The van der Waals surface area contributed by atoms with E-state index in [1.165, 1.54) is 4.90 Å². The van der Waals surface area contributed by atoms with Gasteiger partial charge in [0.25, 0.3) is 5.91 Å². The Morgan fingerprint density at radius 3 is 2.86 bits per heavy atom. The highest BCUT2D eigenvalue weighted by atomic mass is 16.5. The maximum absolute atomic E-state index is 11.8. The maximum atomic E-state index is 11.8. The van der Waals surface area contributed by atoms with Crippen molar-refractivity contribution < 1.29 is 9.53 Å². The molecule has 0 aromatic rings. The minimum Gasteiger partial charge on any atom is -0.368 e. The van der Waals surface area contributed by atoms with Gasteiger partial charge >= 0.3 is 0 Å². The molecule has 4 heteroatoms. The van der Waals surface area contributed by atoms with Crippen LogP contribution in [0.5, 0.6) is 0 Å². The van der Waals surface area contributed by atoms with Crippen molar-refractivity contribution in [3.05, 3.63) is 0 Å². The fraction of sp³-hybridized carbons (Fsp3) is 0.800. The van der Waals surface area contributed by atoms with Gasteiger partial charge in [-0.3, -0.25) is 4.79 Å². The summed E-state index contributed by atoms with van der Waals surface area (Å²) in [5.41, 5.74) is 0. The predicted molar refractivity (Wildman–Crippen MR) is 51.4 cm³/mol. The van der Waals surface area contributed by atoms with Gasteiger partial charge in [0.1, 0.15) is 12.6 Å². The minimum absolute atomic E-state index is 0.0425. The number of carbonyl (C=O) groups excluding carboxylic acids is 1. The van der Waals surface area contributed by atoms with Crippen LogP contribution in [0.1, 0.15) is 20.3 Å². The molecule has 1 fully saturated rings. The fourth-order valence-electron chi connectivity index (χ4n) is 1.62. The molecule has 0 spiro atoms. The normalized spacial score (nSPS) is 25.8. The summed E-state index contributed by atoms with van der Waals surface area (Å²) in [6.07, 6.45) is 0.601. The summed E-state index contributed by atoms with van der Waals surface area (Å²) in [7, 11) is 0. The van der Waals surface area contributed by atoms with Gasteiger partial charge in [0.05, 0.1) is 6.07 Å². The minimum atomic E-state index is -0.330. The highest BCUT2D eigenvalue weighted by Crippen LogP contribution is 2.21. The van der Waals surface area contributed by atoms with Gasteiger partial charge in [0.2, 0.25) is 0 Å². The molecule has 0 saturated carbocycles. The molecule has 1 saturated heterocycles. The number of hydrogen-bond acceptors (Lipinski definition) is 3. The molecule has 0 bridgehead atoms. The van der Waals surface area contributed by atoms with Crippen molar-refractivity contribution in [2.45, 2.75) is 26.4 Å². The highest BCUT2D eigenvalue weighted by Gasteiger charge is 2.33. The zero-order valence-electron chi connectivity index (χ0n) is 8.69. The van der Waals surface area contributed by atoms with Crippen molar-refractivity contribution in [2.24, 2.45) is 5.92 Å². The summed E-state index contributed by atoms with van der Waals surface area (Å²) in [5.74, 6) is 0.231. The van der Waals surface area contributed by atoms with Crippen LogP contribution in [0.25, 0.3) is 0 Å². The SMILES string of the molecule is CCN(CC#N)C(=O)C1OCCC1C. The Morgan fingerprint density at radius 2 is 2.43 bits per heavy atom. The van der Waals surface area contributed by atoms with Crippen molar-refractivity contribution in [1.82, 2.24) is 4.90 Å². The number of rotatable bonds is 3. The van der Waals surface area contributed by atoms with E-state index in [2.05, 4.69) is 0 Å². The van der Waals surface area contributed by atoms with E-state index in [-0.39, 0.29) is 24.5 Å². The third kappa shape index (κ3) is 2.24. The van der Waals surface area contributed by atoms with Crippen LogP contribution in [0, 0.1) is 17.2 Å². The molecule has 2 atom stereocenters. The second-order valence-corrected chi connectivity index (χ2v) is 3.57. The molecule has 2 unspecified atom stereocenters. The van der Waals surface area contributed by atoms with E-state index in [4.69, 9.17) is 10.00 Å². The molecule has 0 aliphatic carbocycles. The van der Waals surface area contributed by atoms with E-state index in [1.807, 2.05) is 19.9 Å². The molecule has 1 aliphatic rings. The predicted octanol–water partition coefficient (Wildman–Crippen LogP) is 0.783. The Hall–Kier alpha value is -1.08. The quantitative estimate of drug-likeness (QED) is 0.627. The molecule has 1 rings (SSSR count). The number of nitriles is 1. The van der Waals surface area contributed by atoms with Crippen molar-refractivity contribution in [3.63, 3.8) is 0 Å². The molecule has 0 N–H and O–H groups in total. The molecular weight excluding hydrogens is 180 g/mol. The van der Waals surface area contributed by atoms with Gasteiger partial charge in [-0.1, -0.05) is 6.92 Å². The lowest BCUT2D eigenvalue weighted by atomic mass is 10.0. The Balaban J connectivity index is 2.58. The second-order valence-electron chi connectivity index (χ2n) is 3.57. The van der Waals surface area contributed by atoms with Crippen LogP contribution >= 0.6 is 0 Å². The van der Waals surface area contributed by atoms with Crippen LogP contribution in [0.2, 0.25) is 0 Å². The first-order valence-electron chi connectivity index (χ1n) is 4.98. The van der Waals surface area contributed by atoms with E-state index >= 15 is 0 Å². The monoisotopic (exact) mass is 196 g/mol. The van der Waals surface area contributed by atoms with Crippen LogP contribution in [-0.2, 0) is 9.53 Å². The number of hydrogen-bond donors (Lipinski definition) is 0. The van der Waals surface area contributed by atoms with Crippen LogP contribution in [-0.4, -0.2) is 36.6 Å². The summed E-state index contributed by atoms with van der Waals surface area (Å²) in [5, 5.41) is 8.54. The number of likely N-dealkylation sites (N-methyl/N-ethyl adjacent to an activating group) is 1. The molecule has 4 nitrogen and oxygen atoms in total. The van der Waals surface area contributed by atoms with E-state index in [0.29, 0.717) is 13.2 Å². The summed E-state index contributed by atoms with van der Waals surface area (Å²) in [4.78, 5) is 13.4. The van der Waals surface area contributed by atoms with Gasteiger partial charge in [-0.05, 0) is 19.3 Å². The topological polar surface area (TPSA) is 53.3 Å². The molecule has 1 heterocycles. The van der Waals surface area contributed by atoms with Crippen molar-refractivity contribution in [1.29, 1.82) is 5.26 Å². The Bertz CT molecular complexity index is 247. The van der Waals surface area contributed by atoms with Crippen molar-refractivity contribution in [2.75, 3.05) is 19.7 Å². The third-order valence-electron chi connectivity index (χ3n) is 2.59. The fourth-order valence-corrected chi connectivity index (χ4v) is 1.62. The number of ether oxygens (including phenoxy) is 1. The lowest BCUT2D eigenvalue weighted by Gasteiger charge is -2.22. The van der Waals surface area contributed by atoms with E-state index in [1.54, 1.807) is 0 Å². The molecular formula is C10H16N2O2. The lowest BCUT2D eigenvalue weighted by molar-refractivity contribution is -0.141. The lowest BCUT2D eigenvalue weighted by Crippen LogP contribution is -2.41. The van der Waals surface area contributed by atoms with Gasteiger partial charge in [-0.15, -0.1) is 0 Å². The van der Waals surface area contributed by atoms with Crippen molar-refractivity contribution >= 4 is 5.91 Å². The van der Waals surface area contributed by atoms with E-state index < -0.39 is 0 Å². The van der Waals surface area contributed by atoms with Gasteiger partial charge in [-0.25, -0.2) is 0 Å². The van der Waals surface area contributed by atoms with Gasteiger partial charge in [-0.2, -0.15) is 5.26 Å².